The average molecular weight is 261 g/mol. The maximum atomic E-state index is 11.7. The van der Waals surface area contributed by atoms with Gasteiger partial charge in [-0.1, -0.05) is 6.07 Å². The maximum absolute atomic E-state index is 11.7. The fourth-order valence-electron chi connectivity index (χ4n) is 1.71. The minimum atomic E-state index is -0.708. The minimum absolute atomic E-state index is 0.0540. The summed E-state index contributed by atoms with van der Waals surface area (Å²) in [5.74, 6) is -2.31. The van der Waals surface area contributed by atoms with E-state index in [0.717, 1.165) is 6.08 Å². The largest absolute Gasteiger partial charge is 0.504 e. The van der Waals surface area contributed by atoms with Gasteiger partial charge in [-0.15, -0.1) is 0 Å². The Morgan fingerprint density at radius 3 is 2.32 bits per heavy atom. The molecule has 1 aromatic carbocycles. The van der Waals surface area contributed by atoms with E-state index in [-0.39, 0.29) is 24.3 Å². The summed E-state index contributed by atoms with van der Waals surface area (Å²) < 4.78 is 0. The molecule has 2 rings (SSSR count). The number of hydrogen-bond donors (Lipinski definition) is 2. The predicted octanol–water partition coefficient (Wildman–Crippen LogP) is 0.787. The van der Waals surface area contributed by atoms with Crippen molar-refractivity contribution in [2.45, 2.75) is 12.8 Å². The zero-order chi connectivity index (χ0) is 14.0. The van der Waals surface area contributed by atoms with Crippen molar-refractivity contribution in [1.29, 1.82) is 0 Å². The standard InChI is InChI=1S/C13H11NO5/c15-9-3-1-8(7-10(9)16)2-4-11(17)14-12(18)5-6-13(14)19/h1-4,7,15-16H,5-6H2. The number of aromatic hydroxyl groups is 2. The number of amides is 3. The number of benzene rings is 1. The molecule has 0 saturated carbocycles. The van der Waals surface area contributed by atoms with Crippen LogP contribution in [0.1, 0.15) is 18.4 Å². The van der Waals surface area contributed by atoms with Gasteiger partial charge < -0.3 is 10.2 Å². The van der Waals surface area contributed by atoms with Gasteiger partial charge in [-0.2, -0.15) is 0 Å². The predicted molar refractivity (Wildman–Crippen MR) is 64.9 cm³/mol. The summed E-state index contributed by atoms with van der Waals surface area (Å²) in [5.41, 5.74) is 0.461. The molecule has 1 heterocycles. The zero-order valence-electron chi connectivity index (χ0n) is 9.87. The lowest BCUT2D eigenvalue weighted by molar-refractivity contribution is -0.146. The molecule has 0 bridgehead atoms. The first-order valence-corrected chi connectivity index (χ1v) is 5.59. The van der Waals surface area contributed by atoms with E-state index < -0.39 is 17.7 Å². The van der Waals surface area contributed by atoms with Crippen molar-refractivity contribution < 1.29 is 24.6 Å². The molecule has 0 spiro atoms. The van der Waals surface area contributed by atoms with E-state index in [4.69, 9.17) is 5.11 Å². The molecular weight excluding hydrogens is 250 g/mol. The van der Waals surface area contributed by atoms with E-state index in [2.05, 4.69) is 0 Å². The Bertz CT molecular complexity index is 575. The number of phenols is 2. The second-order valence-corrected chi connectivity index (χ2v) is 4.04. The van der Waals surface area contributed by atoms with Crippen molar-refractivity contribution in [3.05, 3.63) is 29.8 Å². The van der Waals surface area contributed by atoms with Crippen molar-refractivity contribution in [2.24, 2.45) is 0 Å². The molecule has 1 aliphatic rings. The topological polar surface area (TPSA) is 94.9 Å². The van der Waals surface area contributed by atoms with Gasteiger partial charge in [0.25, 0.3) is 5.91 Å². The van der Waals surface area contributed by atoms with Crippen LogP contribution >= 0.6 is 0 Å². The van der Waals surface area contributed by atoms with Gasteiger partial charge in [-0.05, 0) is 23.8 Å². The summed E-state index contributed by atoms with van der Waals surface area (Å²) in [6.07, 6.45) is 2.53. The number of likely N-dealkylation sites (tertiary alicyclic amines) is 1. The van der Waals surface area contributed by atoms with Crippen LogP contribution in [0.4, 0.5) is 0 Å². The third kappa shape index (κ3) is 2.62. The second-order valence-electron chi connectivity index (χ2n) is 4.04. The monoisotopic (exact) mass is 261 g/mol. The van der Waals surface area contributed by atoms with Crippen LogP contribution in [-0.2, 0) is 14.4 Å². The number of imide groups is 3. The van der Waals surface area contributed by atoms with Crippen molar-refractivity contribution in [3.8, 4) is 11.5 Å². The van der Waals surface area contributed by atoms with Crippen molar-refractivity contribution in [2.75, 3.05) is 0 Å². The van der Waals surface area contributed by atoms with Crippen molar-refractivity contribution in [3.63, 3.8) is 0 Å². The highest BCUT2D eigenvalue weighted by molar-refractivity contribution is 6.18. The molecule has 98 valence electrons. The van der Waals surface area contributed by atoms with Crippen LogP contribution < -0.4 is 0 Å². The molecule has 0 unspecified atom stereocenters. The Morgan fingerprint density at radius 1 is 1.11 bits per heavy atom. The average Bonchev–Trinajstić information content (AvgIpc) is 2.70. The molecule has 0 atom stereocenters. The van der Waals surface area contributed by atoms with Crippen LogP contribution in [0.5, 0.6) is 11.5 Å². The summed E-state index contributed by atoms with van der Waals surface area (Å²) in [4.78, 5) is 34.9. The molecule has 1 aromatic rings. The zero-order valence-corrected chi connectivity index (χ0v) is 9.87. The lowest BCUT2D eigenvalue weighted by Gasteiger charge is -2.07. The molecule has 6 nitrogen and oxygen atoms in total. The summed E-state index contributed by atoms with van der Waals surface area (Å²) in [6.45, 7) is 0. The smallest absolute Gasteiger partial charge is 0.260 e. The van der Waals surface area contributed by atoms with Crippen LogP contribution in [0, 0.1) is 0 Å². The molecule has 19 heavy (non-hydrogen) atoms. The summed E-state index contributed by atoms with van der Waals surface area (Å²) in [6, 6.07) is 4.00. The van der Waals surface area contributed by atoms with E-state index in [1.165, 1.54) is 24.3 Å². The molecule has 1 aliphatic heterocycles. The highest BCUT2D eigenvalue weighted by Gasteiger charge is 2.32. The van der Waals surface area contributed by atoms with Crippen LogP contribution in [0.25, 0.3) is 6.08 Å². The second kappa shape index (κ2) is 4.93. The maximum Gasteiger partial charge on any atom is 0.260 e. The first kappa shape index (κ1) is 12.8. The summed E-state index contributed by atoms with van der Waals surface area (Å²) >= 11 is 0. The third-order valence-corrected chi connectivity index (χ3v) is 2.69. The van der Waals surface area contributed by atoms with Gasteiger partial charge in [0, 0.05) is 18.9 Å². The van der Waals surface area contributed by atoms with E-state index in [9.17, 15) is 19.5 Å². The quantitative estimate of drug-likeness (QED) is 0.466. The van der Waals surface area contributed by atoms with Gasteiger partial charge in [-0.25, -0.2) is 4.90 Å². The number of phenolic OH excluding ortho intramolecular Hbond substituents is 2. The van der Waals surface area contributed by atoms with E-state index in [1.54, 1.807) is 0 Å². The fourth-order valence-corrected chi connectivity index (χ4v) is 1.71. The Kier molecular flexibility index (Phi) is 3.33. The Hall–Kier alpha value is -2.63. The first-order chi connectivity index (χ1) is 8.99. The van der Waals surface area contributed by atoms with E-state index in [1.807, 2.05) is 0 Å². The van der Waals surface area contributed by atoms with Crippen LogP contribution in [0.3, 0.4) is 0 Å². The van der Waals surface area contributed by atoms with Crippen molar-refractivity contribution >= 4 is 23.8 Å². The lowest BCUT2D eigenvalue weighted by atomic mass is 10.2. The first-order valence-electron chi connectivity index (χ1n) is 5.59. The molecule has 6 heteroatoms. The number of rotatable bonds is 2. The van der Waals surface area contributed by atoms with Gasteiger partial charge in [0.15, 0.2) is 11.5 Å². The normalized spacial score (nSPS) is 15.5. The van der Waals surface area contributed by atoms with Gasteiger partial charge in [0.2, 0.25) is 11.8 Å². The Labute approximate surface area is 108 Å². The fraction of sp³-hybridized carbons (Fsp3) is 0.154. The van der Waals surface area contributed by atoms with Crippen LogP contribution in [0.15, 0.2) is 24.3 Å². The third-order valence-electron chi connectivity index (χ3n) is 2.69. The molecule has 2 N–H and O–H groups in total. The number of carbonyl (C=O) groups excluding carboxylic acids is 3. The van der Waals surface area contributed by atoms with Gasteiger partial charge in [0.1, 0.15) is 0 Å². The highest BCUT2D eigenvalue weighted by atomic mass is 16.3. The molecule has 0 aliphatic carbocycles. The number of hydrogen-bond acceptors (Lipinski definition) is 5. The molecule has 0 aromatic heterocycles. The molecule has 3 amide bonds. The SMILES string of the molecule is O=C(C=Cc1ccc(O)c(O)c1)N1C(=O)CCC1=O. The Morgan fingerprint density at radius 2 is 1.74 bits per heavy atom. The Balaban J connectivity index is 2.14. The molecule has 0 radical (unpaired) electrons. The minimum Gasteiger partial charge on any atom is -0.504 e. The van der Waals surface area contributed by atoms with Crippen molar-refractivity contribution in [1.82, 2.24) is 4.90 Å². The van der Waals surface area contributed by atoms with E-state index >= 15 is 0 Å². The molecule has 1 saturated heterocycles. The lowest BCUT2D eigenvalue weighted by Crippen LogP contribution is -2.34. The van der Waals surface area contributed by atoms with Crippen LogP contribution in [0.2, 0.25) is 0 Å². The van der Waals surface area contributed by atoms with Crippen LogP contribution in [-0.4, -0.2) is 32.8 Å². The summed E-state index contributed by atoms with van der Waals surface area (Å²) in [7, 11) is 0. The number of carbonyl (C=O) groups is 3. The van der Waals surface area contributed by atoms with Gasteiger partial charge in [-0.3, -0.25) is 14.4 Å². The van der Waals surface area contributed by atoms with Gasteiger partial charge >= 0.3 is 0 Å². The van der Waals surface area contributed by atoms with Gasteiger partial charge in [0.05, 0.1) is 0 Å². The van der Waals surface area contributed by atoms with E-state index in [0.29, 0.717) is 10.5 Å². The molecular formula is C13H11NO5. The number of nitrogens with zero attached hydrogens (tertiary/aromatic N) is 1. The summed E-state index contributed by atoms with van der Waals surface area (Å²) in [5, 5.41) is 18.4. The highest BCUT2D eigenvalue weighted by Crippen LogP contribution is 2.25. The molecule has 1 fully saturated rings.